The minimum Gasteiger partial charge on any atom is -0.308 e. The molecule has 0 radical (unpaired) electrons. The Morgan fingerprint density at radius 1 is 0.897 bits per heavy atom. The summed E-state index contributed by atoms with van der Waals surface area (Å²) in [7, 11) is 0. The van der Waals surface area contributed by atoms with Crippen molar-refractivity contribution in [3.8, 4) is 0 Å². The quantitative estimate of drug-likeness (QED) is 0.364. The van der Waals surface area contributed by atoms with Crippen LogP contribution in [0.15, 0.2) is 108 Å². The zero-order valence-electron chi connectivity index (χ0n) is 20.8. The maximum atomic E-state index is 15.1. The number of nitrogens with one attached hydrogen (secondary N) is 2. The topological polar surface area (TPSA) is 90.9 Å². The van der Waals surface area contributed by atoms with Gasteiger partial charge in [0, 0.05) is 22.4 Å². The van der Waals surface area contributed by atoms with E-state index in [0.29, 0.717) is 22.5 Å². The van der Waals surface area contributed by atoms with E-state index in [1.807, 2.05) is 13.0 Å². The lowest BCUT2D eigenvalue weighted by molar-refractivity contribution is -0.119. The summed E-state index contributed by atoms with van der Waals surface area (Å²) in [6, 6.07) is 28.1. The van der Waals surface area contributed by atoms with Gasteiger partial charge in [0.15, 0.2) is 4.99 Å². The summed E-state index contributed by atoms with van der Waals surface area (Å²) in [6.45, 7) is 1.89. The number of para-hydroxylation sites is 1. The predicted molar refractivity (Wildman–Crippen MR) is 152 cm³/mol. The number of urea groups is 1. The largest absolute Gasteiger partial charge is 0.321 e. The van der Waals surface area contributed by atoms with Crippen molar-refractivity contribution < 1.29 is 18.2 Å². The smallest absolute Gasteiger partial charge is 0.308 e. The van der Waals surface area contributed by atoms with E-state index in [0.717, 1.165) is 5.56 Å². The Bertz CT molecular complexity index is 1650. The number of hydrogen-bond acceptors (Lipinski definition) is 4. The number of benzene rings is 4. The maximum Gasteiger partial charge on any atom is 0.321 e. The van der Waals surface area contributed by atoms with Gasteiger partial charge < -0.3 is 10.6 Å². The van der Waals surface area contributed by atoms with E-state index < -0.39 is 23.9 Å². The van der Waals surface area contributed by atoms with Crippen molar-refractivity contribution in [2.75, 3.05) is 10.2 Å². The van der Waals surface area contributed by atoms with Crippen LogP contribution in [0.4, 0.5) is 20.6 Å². The van der Waals surface area contributed by atoms with Crippen molar-refractivity contribution in [2.45, 2.75) is 13.1 Å². The number of nitrogens with zero attached hydrogens (tertiary/aromatic N) is 2. The molecule has 0 saturated heterocycles. The number of aliphatic imine (C=N–C) groups is 1. The van der Waals surface area contributed by atoms with Crippen molar-refractivity contribution in [1.82, 2.24) is 5.32 Å². The fourth-order valence-electron chi connectivity index (χ4n) is 4.34. The Hall–Kier alpha value is -4.89. The van der Waals surface area contributed by atoms with E-state index in [1.165, 1.54) is 11.0 Å². The first kappa shape index (κ1) is 25.7. The van der Waals surface area contributed by atoms with Crippen LogP contribution in [-0.2, 0) is 16.1 Å². The third kappa shape index (κ3) is 5.39. The summed E-state index contributed by atoms with van der Waals surface area (Å²) >= 11 is 0.150. The fraction of sp³-hybridized carbons (Fsp3) is 0.0667. The van der Waals surface area contributed by atoms with Gasteiger partial charge in [-0.1, -0.05) is 72.8 Å². The average molecular weight is 539 g/mol. The van der Waals surface area contributed by atoms with Gasteiger partial charge >= 0.3 is 6.03 Å². The first-order chi connectivity index (χ1) is 19.0. The van der Waals surface area contributed by atoms with Crippen LogP contribution in [0, 0.1) is 12.7 Å². The number of hydrogen-bond donors (Lipinski definition) is 2. The molecule has 1 aliphatic rings. The van der Waals surface area contributed by atoms with Crippen LogP contribution in [0.3, 0.4) is 0 Å². The molecule has 1 heterocycles. The Balaban J connectivity index is 1.64. The van der Waals surface area contributed by atoms with Gasteiger partial charge in [-0.3, -0.25) is 9.69 Å². The van der Waals surface area contributed by atoms with E-state index in [2.05, 4.69) is 15.6 Å². The molecule has 0 aromatic heterocycles. The summed E-state index contributed by atoms with van der Waals surface area (Å²) < 4.78 is 27.6. The number of amides is 3. The van der Waals surface area contributed by atoms with Gasteiger partial charge in [-0.2, -0.15) is 0 Å². The molecule has 1 aliphatic heterocycles. The average Bonchev–Trinajstić information content (AvgIpc) is 3.05. The number of carbonyl (C=O) groups excluding carboxylic acids is 2. The highest BCUT2D eigenvalue weighted by molar-refractivity contribution is 7.67. The van der Waals surface area contributed by atoms with Crippen molar-refractivity contribution in [3.05, 3.63) is 131 Å². The van der Waals surface area contributed by atoms with Crippen LogP contribution in [0.2, 0.25) is 0 Å². The van der Waals surface area contributed by atoms with Gasteiger partial charge in [0.2, 0.25) is 6.17 Å². The summed E-state index contributed by atoms with van der Waals surface area (Å²) in [5.74, 6) is -1.21. The number of aryl methyl sites for hydroxylation is 1. The van der Waals surface area contributed by atoms with Crippen molar-refractivity contribution >= 4 is 45.3 Å². The lowest BCUT2D eigenvalue weighted by Gasteiger charge is -2.25. The van der Waals surface area contributed by atoms with Crippen molar-refractivity contribution in [2.24, 2.45) is 4.99 Å². The number of rotatable bonds is 4. The van der Waals surface area contributed by atoms with Crippen molar-refractivity contribution in [3.63, 3.8) is 0 Å². The van der Waals surface area contributed by atoms with E-state index in [1.54, 1.807) is 91.0 Å². The molecule has 194 valence electrons. The Morgan fingerprint density at radius 3 is 2.31 bits per heavy atom. The highest BCUT2D eigenvalue weighted by Crippen LogP contribution is 2.30. The Labute approximate surface area is 228 Å². The molecular weight excluding hydrogens is 515 g/mol. The number of anilines is 2. The second-order valence-corrected chi connectivity index (χ2v) is 9.33. The molecular formula is C30H23FN4O3S. The highest BCUT2D eigenvalue weighted by atomic mass is 32.1. The Kier molecular flexibility index (Phi) is 7.42. The van der Waals surface area contributed by atoms with Gasteiger partial charge in [-0.25, -0.2) is 18.4 Å². The normalized spacial score (nSPS) is 14.5. The zero-order chi connectivity index (χ0) is 27.4. The van der Waals surface area contributed by atoms with Gasteiger partial charge in [0.05, 0.1) is 11.4 Å². The standard InChI is InChI=1S/C30H23FN4O3S/c1-19-10-9-13-21(18-19)32-30(37)34-27-28(36)35(29(39-38)20-11-3-2-4-12-20)25-17-8-6-15-23(25)26(33-27)22-14-5-7-16-24(22)31/h2-18,27H,1H3,(H2,32,34,37). The number of fused-ring (bicyclic) bond motifs is 1. The molecule has 9 heteroatoms. The fourth-order valence-corrected chi connectivity index (χ4v) is 4.84. The molecule has 7 nitrogen and oxygen atoms in total. The first-order valence-electron chi connectivity index (χ1n) is 12.1. The van der Waals surface area contributed by atoms with Gasteiger partial charge in [-0.05, 0) is 42.8 Å². The van der Waals surface area contributed by atoms with Gasteiger partial charge in [0.25, 0.3) is 5.91 Å². The number of halogens is 1. The molecule has 4 aromatic rings. The molecule has 0 spiro atoms. The van der Waals surface area contributed by atoms with Crippen LogP contribution in [0.5, 0.6) is 0 Å². The second-order valence-electron chi connectivity index (χ2n) is 8.77. The molecule has 1 atom stereocenters. The molecule has 1 unspecified atom stereocenters. The van der Waals surface area contributed by atoms with E-state index in [4.69, 9.17) is 0 Å². The highest BCUT2D eigenvalue weighted by Gasteiger charge is 2.36. The van der Waals surface area contributed by atoms with Crippen LogP contribution < -0.4 is 15.5 Å². The maximum absolute atomic E-state index is 15.1. The molecule has 2 N–H and O–H groups in total. The van der Waals surface area contributed by atoms with Crippen LogP contribution in [0.1, 0.15) is 22.3 Å². The van der Waals surface area contributed by atoms with Crippen molar-refractivity contribution in [1.29, 1.82) is 0 Å². The molecule has 0 saturated carbocycles. The lowest BCUT2D eigenvalue weighted by atomic mass is 9.99. The van der Waals surface area contributed by atoms with E-state index in [-0.39, 0.29) is 27.5 Å². The van der Waals surface area contributed by atoms with Crippen LogP contribution >= 0.6 is 0 Å². The predicted octanol–water partition coefficient (Wildman–Crippen LogP) is 4.86. The SMILES string of the molecule is Cc1cccc(NC(=O)NC2N=C(c3ccccc3F)c3ccccc3N(C(=S=O)c3ccccc3)C2=O)c1. The molecule has 3 amide bonds. The molecule has 0 fully saturated rings. The summed E-state index contributed by atoms with van der Waals surface area (Å²) in [5.41, 5.74) is 3.08. The monoisotopic (exact) mass is 538 g/mol. The summed E-state index contributed by atoms with van der Waals surface area (Å²) in [5, 5.41) is 5.33. The van der Waals surface area contributed by atoms with E-state index in [9.17, 15) is 13.8 Å². The molecule has 5 rings (SSSR count). The summed E-state index contributed by atoms with van der Waals surface area (Å²) in [6.07, 6.45) is -1.47. The van der Waals surface area contributed by atoms with Gasteiger partial charge in [0.1, 0.15) is 17.1 Å². The number of carbonyl (C=O) groups is 2. The number of benzodiazepines with no additional fused rings is 1. The molecule has 0 aliphatic carbocycles. The van der Waals surface area contributed by atoms with Crippen LogP contribution in [-0.4, -0.2) is 33.0 Å². The molecule has 39 heavy (non-hydrogen) atoms. The summed E-state index contributed by atoms with van der Waals surface area (Å²) in [4.78, 5) is 33.1. The lowest BCUT2D eigenvalue weighted by Crippen LogP contribution is -2.50. The minimum atomic E-state index is -1.47. The van der Waals surface area contributed by atoms with E-state index >= 15 is 4.39 Å². The Morgan fingerprint density at radius 2 is 1.59 bits per heavy atom. The first-order valence-corrected chi connectivity index (χ1v) is 12.8. The molecule has 0 bridgehead atoms. The zero-order valence-corrected chi connectivity index (χ0v) is 21.6. The molecule has 4 aromatic carbocycles. The third-order valence-electron chi connectivity index (χ3n) is 6.09. The minimum absolute atomic E-state index is 0.101. The second kappa shape index (κ2) is 11.2. The third-order valence-corrected chi connectivity index (χ3v) is 6.66. The van der Waals surface area contributed by atoms with Crippen LogP contribution in [0.25, 0.3) is 0 Å². The van der Waals surface area contributed by atoms with Gasteiger partial charge in [-0.15, -0.1) is 0 Å².